The van der Waals surface area contributed by atoms with Gasteiger partial charge in [-0.15, -0.1) is 0 Å². The summed E-state index contributed by atoms with van der Waals surface area (Å²) in [5.41, 5.74) is 0.973. The quantitative estimate of drug-likeness (QED) is 0.528. The molecule has 0 saturated carbocycles. The SMILES string of the molecule is CC1(C)OB(c2cccc(C(=O)O)c2)OC1(C)C.CCN1CCN(C(=O)c2cccc(B3OC(C)(C)C(C)(C)O3)c2)CC1. The molecule has 1 N–H and O–H groups in total. The Kier molecular flexibility index (Phi) is 9.55. The Balaban J connectivity index is 0.000000208. The van der Waals surface area contributed by atoms with Crippen LogP contribution in [0, 0.1) is 0 Å². The normalized spacial score (nSPS) is 22.2. The predicted octanol–water partition coefficient (Wildman–Crippen LogP) is 3.45. The molecule has 2 aromatic carbocycles. The number of rotatable bonds is 5. The summed E-state index contributed by atoms with van der Waals surface area (Å²) in [7, 11) is -0.955. The van der Waals surface area contributed by atoms with E-state index in [4.69, 9.17) is 23.7 Å². The van der Waals surface area contributed by atoms with Gasteiger partial charge >= 0.3 is 20.2 Å². The number of benzene rings is 2. The van der Waals surface area contributed by atoms with Gasteiger partial charge in [0.05, 0.1) is 28.0 Å². The number of nitrogens with zero attached hydrogens (tertiary/aromatic N) is 2. The van der Waals surface area contributed by atoms with E-state index >= 15 is 0 Å². The Morgan fingerprint density at radius 1 is 0.698 bits per heavy atom. The van der Waals surface area contributed by atoms with Crippen LogP contribution in [0.2, 0.25) is 0 Å². The third-order valence-corrected chi connectivity index (χ3v) is 9.42. The van der Waals surface area contributed by atoms with E-state index in [1.54, 1.807) is 18.2 Å². The van der Waals surface area contributed by atoms with Crippen LogP contribution in [0.25, 0.3) is 0 Å². The molecule has 3 aliphatic heterocycles. The maximum Gasteiger partial charge on any atom is 0.494 e. The van der Waals surface area contributed by atoms with Crippen LogP contribution in [0.5, 0.6) is 0 Å². The van der Waals surface area contributed by atoms with Gasteiger partial charge in [-0.3, -0.25) is 4.79 Å². The molecular formula is C32H46B2N2O7. The van der Waals surface area contributed by atoms with Gasteiger partial charge in [-0.2, -0.15) is 0 Å². The van der Waals surface area contributed by atoms with Crippen molar-refractivity contribution in [1.29, 1.82) is 0 Å². The molecule has 43 heavy (non-hydrogen) atoms. The van der Waals surface area contributed by atoms with Gasteiger partial charge in [0, 0.05) is 31.7 Å². The highest BCUT2D eigenvalue weighted by Gasteiger charge is 2.52. The van der Waals surface area contributed by atoms with Crippen molar-refractivity contribution >= 4 is 37.0 Å². The summed E-state index contributed by atoms with van der Waals surface area (Å²) in [5, 5.41) is 8.98. The Hall–Kier alpha value is -2.69. The molecule has 3 fully saturated rings. The van der Waals surface area contributed by atoms with Crippen LogP contribution in [-0.2, 0) is 18.6 Å². The van der Waals surface area contributed by atoms with Crippen molar-refractivity contribution in [2.75, 3.05) is 32.7 Å². The van der Waals surface area contributed by atoms with Gasteiger partial charge in [-0.1, -0.05) is 31.2 Å². The fourth-order valence-corrected chi connectivity index (χ4v) is 5.04. The molecule has 3 saturated heterocycles. The van der Waals surface area contributed by atoms with Gasteiger partial charge in [0.1, 0.15) is 0 Å². The van der Waals surface area contributed by atoms with Crippen LogP contribution in [0.1, 0.15) is 83.0 Å². The van der Waals surface area contributed by atoms with Crippen molar-refractivity contribution in [1.82, 2.24) is 9.80 Å². The summed E-state index contributed by atoms with van der Waals surface area (Å²) in [6.45, 7) is 22.7. The number of carbonyl (C=O) groups is 2. The lowest BCUT2D eigenvalue weighted by Crippen LogP contribution is -2.48. The van der Waals surface area contributed by atoms with Gasteiger partial charge in [-0.25, -0.2) is 4.79 Å². The first-order valence-corrected chi connectivity index (χ1v) is 15.1. The summed E-state index contributed by atoms with van der Waals surface area (Å²) in [6.07, 6.45) is 0. The average Bonchev–Trinajstić information content (AvgIpc) is 3.32. The Morgan fingerprint density at radius 3 is 1.49 bits per heavy atom. The number of likely N-dealkylation sites (N-methyl/N-ethyl adjacent to an activating group) is 1. The highest BCUT2D eigenvalue weighted by molar-refractivity contribution is 6.62. The average molecular weight is 592 g/mol. The first-order chi connectivity index (χ1) is 20.0. The maximum atomic E-state index is 12.8. The summed E-state index contributed by atoms with van der Waals surface area (Å²) in [5.74, 6) is -0.859. The minimum Gasteiger partial charge on any atom is -0.478 e. The van der Waals surface area contributed by atoms with Crippen molar-refractivity contribution in [3.63, 3.8) is 0 Å². The molecule has 9 nitrogen and oxygen atoms in total. The van der Waals surface area contributed by atoms with Gasteiger partial charge in [0.25, 0.3) is 5.91 Å². The van der Waals surface area contributed by atoms with Crippen LogP contribution < -0.4 is 10.9 Å². The number of carboxylic acids is 1. The Morgan fingerprint density at radius 2 is 1.09 bits per heavy atom. The predicted molar refractivity (Wildman–Crippen MR) is 169 cm³/mol. The van der Waals surface area contributed by atoms with Gasteiger partial charge < -0.3 is 33.5 Å². The molecule has 3 heterocycles. The highest BCUT2D eigenvalue weighted by Crippen LogP contribution is 2.37. The number of carboxylic acid groups (broad SMARTS) is 1. The molecule has 0 aliphatic carbocycles. The number of hydrogen-bond donors (Lipinski definition) is 1. The third kappa shape index (κ3) is 7.18. The molecule has 0 radical (unpaired) electrons. The molecule has 11 heteroatoms. The maximum absolute atomic E-state index is 12.8. The second-order valence-corrected chi connectivity index (χ2v) is 13.5. The van der Waals surface area contributed by atoms with E-state index in [1.165, 1.54) is 0 Å². The van der Waals surface area contributed by atoms with E-state index in [2.05, 4.69) is 11.8 Å². The number of piperazine rings is 1. The molecule has 3 aliphatic rings. The van der Waals surface area contributed by atoms with E-state index in [-0.39, 0.29) is 22.7 Å². The number of hydrogen-bond acceptors (Lipinski definition) is 7. The molecule has 0 unspecified atom stereocenters. The molecule has 5 rings (SSSR count). The summed E-state index contributed by atoms with van der Waals surface area (Å²) in [6, 6.07) is 14.3. The topological polar surface area (TPSA) is 97.8 Å². The van der Waals surface area contributed by atoms with Crippen LogP contribution in [0.4, 0.5) is 0 Å². The lowest BCUT2D eigenvalue weighted by Gasteiger charge is -2.34. The molecule has 1 amide bonds. The Labute approximate surface area is 257 Å². The lowest BCUT2D eigenvalue weighted by atomic mass is 9.78. The van der Waals surface area contributed by atoms with E-state index in [9.17, 15) is 9.59 Å². The second-order valence-electron chi connectivity index (χ2n) is 13.5. The van der Waals surface area contributed by atoms with E-state index in [0.717, 1.165) is 43.6 Å². The minimum atomic E-state index is -0.951. The van der Waals surface area contributed by atoms with Crippen LogP contribution in [0.3, 0.4) is 0 Å². The second kappa shape index (κ2) is 12.4. The summed E-state index contributed by atoms with van der Waals surface area (Å²) < 4.78 is 23.9. The molecule has 0 spiro atoms. The smallest absolute Gasteiger partial charge is 0.478 e. The molecule has 0 atom stereocenters. The first-order valence-electron chi connectivity index (χ1n) is 15.1. The van der Waals surface area contributed by atoms with Gasteiger partial charge in [-0.05, 0) is 97.1 Å². The zero-order valence-corrected chi connectivity index (χ0v) is 27.1. The van der Waals surface area contributed by atoms with Crippen molar-refractivity contribution in [2.24, 2.45) is 0 Å². The molecule has 2 aromatic rings. The summed E-state index contributed by atoms with van der Waals surface area (Å²) in [4.78, 5) is 28.1. The fraction of sp³-hybridized carbons (Fsp3) is 0.562. The molecule has 232 valence electrons. The number of aromatic carboxylic acids is 1. The molecule has 0 aromatic heterocycles. The van der Waals surface area contributed by atoms with Crippen LogP contribution in [0.15, 0.2) is 48.5 Å². The van der Waals surface area contributed by atoms with Crippen molar-refractivity contribution in [3.05, 3.63) is 59.7 Å². The van der Waals surface area contributed by atoms with E-state index in [1.807, 2.05) is 90.6 Å². The Bertz CT molecular complexity index is 1290. The van der Waals surface area contributed by atoms with Crippen molar-refractivity contribution < 1.29 is 33.3 Å². The number of amides is 1. The third-order valence-electron chi connectivity index (χ3n) is 9.42. The zero-order chi connectivity index (χ0) is 31.8. The zero-order valence-electron chi connectivity index (χ0n) is 27.1. The minimum absolute atomic E-state index is 0.0918. The largest absolute Gasteiger partial charge is 0.494 e. The van der Waals surface area contributed by atoms with Crippen LogP contribution >= 0.6 is 0 Å². The lowest BCUT2D eigenvalue weighted by molar-refractivity contribution is 0.00578. The first kappa shape index (κ1) is 33.2. The van der Waals surface area contributed by atoms with E-state index < -0.39 is 31.4 Å². The van der Waals surface area contributed by atoms with Crippen molar-refractivity contribution in [2.45, 2.75) is 84.7 Å². The van der Waals surface area contributed by atoms with Crippen molar-refractivity contribution in [3.8, 4) is 0 Å². The van der Waals surface area contributed by atoms with E-state index in [0.29, 0.717) is 5.56 Å². The monoisotopic (exact) mass is 592 g/mol. The fourth-order valence-electron chi connectivity index (χ4n) is 5.04. The summed E-state index contributed by atoms with van der Waals surface area (Å²) >= 11 is 0. The number of carbonyl (C=O) groups excluding carboxylic acids is 1. The van der Waals surface area contributed by atoms with Crippen LogP contribution in [-0.4, -0.2) is 96.1 Å². The van der Waals surface area contributed by atoms with Gasteiger partial charge in [0.15, 0.2) is 0 Å². The molecule has 0 bridgehead atoms. The standard InChI is InChI=1S/C19H29BN2O3.C13H17BO4/c1-6-21-10-12-22(13-11-21)17(23)15-8-7-9-16(14-15)20-24-18(2,3)19(4,5)25-20;1-12(2)13(3,4)18-14(17-12)10-7-5-6-9(8-10)11(15)16/h7-9,14H,6,10-13H2,1-5H3;5-8H,1-4H3,(H,15,16). The van der Waals surface area contributed by atoms with Gasteiger partial charge in [0.2, 0.25) is 0 Å². The highest BCUT2D eigenvalue weighted by atomic mass is 16.7. The molecular weight excluding hydrogens is 546 g/mol.